The number of carbonyl (C=O) groups excluding carboxylic acids is 5. The number of primary amides is 1. The molecule has 1 saturated heterocycles. The molecule has 264 valence electrons. The Morgan fingerprint density at radius 3 is 2.27 bits per heavy atom. The van der Waals surface area contributed by atoms with Crippen molar-refractivity contribution in [2.45, 2.75) is 143 Å². The Bertz CT molecular complexity index is 1420. The molecule has 0 unspecified atom stereocenters. The largest absolute Gasteiger partial charge is 0.446 e. The van der Waals surface area contributed by atoms with Crippen LogP contribution < -0.4 is 16.4 Å². The zero-order chi connectivity index (χ0) is 35.4. The smallest absolute Gasteiger partial charge is 0.408 e. The monoisotopic (exact) mass is 667 g/mol. The lowest BCUT2D eigenvalue weighted by molar-refractivity contribution is -0.143. The van der Waals surface area contributed by atoms with Gasteiger partial charge in [0, 0.05) is 12.8 Å². The van der Waals surface area contributed by atoms with Gasteiger partial charge in [0.05, 0.1) is 18.3 Å². The predicted molar refractivity (Wildman–Crippen MR) is 181 cm³/mol. The van der Waals surface area contributed by atoms with Crippen LogP contribution in [-0.4, -0.2) is 76.6 Å². The van der Waals surface area contributed by atoms with Crippen LogP contribution in [0.15, 0.2) is 17.3 Å². The highest BCUT2D eigenvalue weighted by atomic mass is 16.7. The van der Waals surface area contributed by atoms with Crippen molar-refractivity contribution in [3.8, 4) is 0 Å². The molecule has 0 bridgehead atoms. The lowest BCUT2D eigenvalue weighted by atomic mass is 9.85. The van der Waals surface area contributed by atoms with E-state index in [1.807, 2.05) is 27.7 Å². The van der Waals surface area contributed by atoms with Crippen molar-refractivity contribution in [3.05, 3.63) is 34.4 Å². The number of aryl methyl sites for hydroxylation is 2. The van der Waals surface area contributed by atoms with Crippen LogP contribution in [0.3, 0.4) is 0 Å². The molecule has 0 aromatic heterocycles. The number of hydrogen-bond donors (Lipinski definition) is 3. The minimum absolute atomic E-state index is 0.0247. The third-order valence-electron chi connectivity index (χ3n) is 9.76. The number of benzene rings is 1. The standard InChI is InChI=1S/C36H53N5O7/c1-8-12-25-21(3)16-23(17-22(25)4)27-18-36(48-40-27)19-28(32(44)38-26(13-9-2)29(42)31(37)43)41(20-36)33(45)30(35(5,6)7)39-34(46)47-24-14-10-11-15-24/h16-17,24,26,28,30H,8-15,18-20H2,1-7H3,(H2,37,43)(H,38,44)(H,39,46)/t26-,28-,30+,36+/m0/s1. The van der Waals surface area contributed by atoms with Crippen molar-refractivity contribution < 1.29 is 33.5 Å². The fraction of sp³-hybridized carbons (Fsp3) is 0.667. The number of nitrogens with two attached hydrogens (primary N) is 1. The zero-order valence-electron chi connectivity index (χ0n) is 29.6. The van der Waals surface area contributed by atoms with E-state index in [9.17, 15) is 24.0 Å². The number of oxime groups is 1. The molecule has 3 aliphatic rings. The van der Waals surface area contributed by atoms with Crippen molar-refractivity contribution in [2.24, 2.45) is 16.3 Å². The molecule has 1 spiro atoms. The first-order valence-electron chi connectivity index (χ1n) is 17.4. The molecule has 0 radical (unpaired) electrons. The van der Waals surface area contributed by atoms with Crippen LogP contribution >= 0.6 is 0 Å². The number of nitrogens with zero attached hydrogens (tertiary/aromatic N) is 2. The number of ketones is 1. The Balaban J connectivity index is 1.63. The number of Topliss-reactive ketones (excluding diaryl/α,β-unsaturated/α-hetero) is 1. The van der Waals surface area contributed by atoms with Gasteiger partial charge in [0.1, 0.15) is 18.2 Å². The maximum atomic E-state index is 14.5. The third kappa shape index (κ3) is 8.36. The van der Waals surface area contributed by atoms with E-state index in [0.29, 0.717) is 12.8 Å². The number of rotatable bonds is 12. The quantitative estimate of drug-likeness (QED) is 0.281. The normalized spacial score (nSPS) is 22.2. The summed E-state index contributed by atoms with van der Waals surface area (Å²) in [4.78, 5) is 73.3. The van der Waals surface area contributed by atoms with Crippen molar-refractivity contribution in [1.29, 1.82) is 0 Å². The Morgan fingerprint density at radius 2 is 1.71 bits per heavy atom. The van der Waals surface area contributed by atoms with Gasteiger partial charge >= 0.3 is 6.09 Å². The van der Waals surface area contributed by atoms with Crippen molar-refractivity contribution >= 4 is 35.3 Å². The molecular weight excluding hydrogens is 614 g/mol. The highest BCUT2D eigenvalue weighted by Crippen LogP contribution is 2.40. The van der Waals surface area contributed by atoms with E-state index in [1.54, 1.807) is 0 Å². The maximum absolute atomic E-state index is 14.5. The van der Waals surface area contributed by atoms with Gasteiger partial charge in [-0.15, -0.1) is 0 Å². The van der Waals surface area contributed by atoms with Gasteiger partial charge in [-0.1, -0.05) is 52.6 Å². The molecule has 2 heterocycles. The molecule has 48 heavy (non-hydrogen) atoms. The first-order chi connectivity index (χ1) is 22.6. The Morgan fingerprint density at radius 1 is 1.06 bits per heavy atom. The molecule has 1 aromatic rings. The summed E-state index contributed by atoms with van der Waals surface area (Å²) >= 11 is 0. The van der Waals surface area contributed by atoms with Gasteiger partial charge < -0.3 is 30.8 Å². The Kier molecular flexibility index (Phi) is 11.6. The molecule has 12 nitrogen and oxygen atoms in total. The van der Waals surface area contributed by atoms with E-state index >= 15 is 0 Å². The van der Waals surface area contributed by atoms with Gasteiger partial charge in [0.25, 0.3) is 5.91 Å². The maximum Gasteiger partial charge on any atom is 0.408 e. The molecule has 2 fully saturated rings. The molecule has 2 aliphatic heterocycles. The van der Waals surface area contributed by atoms with Crippen molar-refractivity contribution in [2.75, 3.05) is 6.54 Å². The van der Waals surface area contributed by atoms with Gasteiger partial charge in [-0.25, -0.2) is 4.79 Å². The van der Waals surface area contributed by atoms with Crippen molar-refractivity contribution in [3.63, 3.8) is 0 Å². The van der Waals surface area contributed by atoms with E-state index < -0.39 is 58.7 Å². The Labute approximate surface area is 283 Å². The lowest BCUT2D eigenvalue weighted by Crippen LogP contribution is -2.59. The summed E-state index contributed by atoms with van der Waals surface area (Å²) < 4.78 is 5.63. The summed E-state index contributed by atoms with van der Waals surface area (Å²) in [5.41, 5.74) is 8.81. The highest BCUT2D eigenvalue weighted by molar-refractivity contribution is 6.37. The van der Waals surface area contributed by atoms with E-state index in [2.05, 4.69) is 48.7 Å². The van der Waals surface area contributed by atoms with Crippen LogP contribution in [0, 0.1) is 19.3 Å². The van der Waals surface area contributed by atoms with Gasteiger partial charge in [-0.05, 0) is 92.2 Å². The minimum atomic E-state index is -1.14. The van der Waals surface area contributed by atoms with Crippen molar-refractivity contribution in [1.82, 2.24) is 15.5 Å². The van der Waals surface area contributed by atoms with E-state index in [0.717, 1.165) is 49.8 Å². The summed E-state index contributed by atoms with van der Waals surface area (Å²) in [6.45, 7) is 13.7. The van der Waals surface area contributed by atoms with E-state index in [-0.39, 0.29) is 25.5 Å². The van der Waals surface area contributed by atoms with Crippen LogP contribution in [0.1, 0.15) is 115 Å². The first-order valence-corrected chi connectivity index (χ1v) is 17.4. The molecule has 1 aromatic carbocycles. The molecule has 1 saturated carbocycles. The topological polar surface area (TPSA) is 169 Å². The molecule has 4 amide bonds. The SMILES string of the molecule is CCCc1c(C)cc(C2=NO[C@]3(C2)C[C@@H](C(=O)N[C@@H](CCC)C(=O)C(N)=O)N(C(=O)[C@@H](NC(=O)OC2CCCC2)C(C)(C)C)C3)cc1C. The molecule has 4 N–H and O–H groups in total. The first kappa shape index (κ1) is 36.9. The highest BCUT2D eigenvalue weighted by Gasteiger charge is 2.55. The third-order valence-corrected chi connectivity index (χ3v) is 9.76. The molecular formula is C36H53N5O7. The summed E-state index contributed by atoms with van der Waals surface area (Å²) in [6.07, 6.45) is 5.82. The Hall–Kier alpha value is -3.96. The van der Waals surface area contributed by atoms with Crippen LogP contribution in [0.5, 0.6) is 0 Å². The zero-order valence-corrected chi connectivity index (χ0v) is 29.6. The van der Waals surface area contributed by atoms with Gasteiger partial charge in [0.2, 0.25) is 17.6 Å². The summed E-state index contributed by atoms with van der Waals surface area (Å²) in [7, 11) is 0. The molecule has 4 rings (SSSR count). The number of likely N-dealkylation sites (tertiary alicyclic amines) is 1. The van der Waals surface area contributed by atoms with Crippen LogP contribution in [0.2, 0.25) is 0 Å². The average Bonchev–Trinajstić information content (AvgIpc) is 3.77. The van der Waals surface area contributed by atoms with E-state index in [4.69, 9.17) is 15.3 Å². The second kappa shape index (κ2) is 15.1. The summed E-state index contributed by atoms with van der Waals surface area (Å²) in [5, 5.41) is 9.94. The lowest BCUT2D eigenvalue weighted by Gasteiger charge is -2.35. The minimum Gasteiger partial charge on any atom is -0.446 e. The second-order valence-electron chi connectivity index (χ2n) is 14.8. The van der Waals surface area contributed by atoms with E-state index in [1.165, 1.54) is 21.6 Å². The number of carbonyl (C=O) groups is 5. The van der Waals surface area contributed by atoms with Crippen LogP contribution in [-0.2, 0) is 35.2 Å². The second-order valence-corrected chi connectivity index (χ2v) is 14.8. The molecule has 4 atom stereocenters. The molecule has 12 heteroatoms. The fourth-order valence-corrected chi connectivity index (χ4v) is 7.21. The van der Waals surface area contributed by atoms with Gasteiger partial charge in [-0.2, -0.15) is 0 Å². The van der Waals surface area contributed by atoms with Crippen LogP contribution in [0.25, 0.3) is 0 Å². The van der Waals surface area contributed by atoms with Gasteiger partial charge in [0.15, 0.2) is 5.60 Å². The number of alkyl carbamates (subject to hydrolysis) is 1. The summed E-state index contributed by atoms with van der Waals surface area (Å²) in [5.74, 6) is -3.14. The molecule has 1 aliphatic carbocycles. The number of ether oxygens (including phenoxy) is 1. The van der Waals surface area contributed by atoms with Crippen LogP contribution in [0.4, 0.5) is 4.79 Å². The average molecular weight is 668 g/mol. The number of nitrogens with one attached hydrogen (secondary N) is 2. The number of amides is 4. The summed E-state index contributed by atoms with van der Waals surface area (Å²) in [6, 6.07) is 0.965. The predicted octanol–water partition coefficient (Wildman–Crippen LogP) is 4.14. The number of hydrogen-bond acceptors (Lipinski definition) is 8. The van der Waals surface area contributed by atoms with Gasteiger partial charge in [-0.3, -0.25) is 19.2 Å². The fourth-order valence-electron chi connectivity index (χ4n) is 7.21.